The number of imide groups is 1. The third-order valence-corrected chi connectivity index (χ3v) is 10.9. The lowest BCUT2D eigenvalue weighted by molar-refractivity contribution is -0.142. The van der Waals surface area contributed by atoms with E-state index in [1.165, 1.54) is 26.4 Å². The molecule has 49 heavy (non-hydrogen) atoms. The number of carboxylic acid groups (broad SMARTS) is 1. The Kier molecular flexibility index (Phi) is 7.97. The van der Waals surface area contributed by atoms with Crippen LogP contribution in [-0.4, -0.2) is 65.2 Å². The number of phenolic OH excluding ortho intramolecular Hbond substituents is 1. The molecule has 6 atom stereocenters. The van der Waals surface area contributed by atoms with E-state index >= 15 is 4.79 Å². The number of fused-ring (bicyclic) bond motifs is 4. The molecule has 10 heteroatoms. The Morgan fingerprint density at radius 1 is 0.918 bits per heavy atom. The highest BCUT2D eigenvalue weighted by Gasteiger charge is 2.66. The van der Waals surface area contributed by atoms with Gasteiger partial charge in [-0.25, -0.2) is 0 Å². The first-order valence-electron chi connectivity index (χ1n) is 16.3. The summed E-state index contributed by atoms with van der Waals surface area (Å²) in [5, 5.41) is 21.1. The van der Waals surface area contributed by atoms with Crippen LogP contribution in [0.3, 0.4) is 0 Å². The molecule has 3 aromatic rings. The van der Waals surface area contributed by atoms with Gasteiger partial charge < -0.3 is 19.7 Å². The van der Waals surface area contributed by atoms with Gasteiger partial charge in [-0.3, -0.25) is 28.9 Å². The van der Waals surface area contributed by atoms with Crippen LogP contribution in [-0.2, 0) is 29.4 Å². The monoisotopic (exact) mass is 661 g/mol. The number of aliphatic carboxylic acids is 1. The van der Waals surface area contributed by atoms with Gasteiger partial charge in [0.15, 0.2) is 11.6 Å². The highest BCUT2D eigenvalue weighted by molar-refractivity contribution is 6.31. The smallest absolute Gasteiger partial charge is 0.305 e. The van der Waals surface area contributed by atoms with Crippen LogP contribution in [0.1, 0.15) is 41.9 Å². The van der Waals surface area contributed by atoms with E-state index in [-0.39, 0.29) is 60.0 Å². The van der Waals surface area contributed by atoms with Crippen molar-refractivity contribution in [2.75, 3.05) is 20.8 Å². The number of Topliss-reactive ketones (excluding diaryl/α,β-unsaturated/α-hetero) is 1. The number of rotatable bonds is 8. The lowest BCUT2D eigenvalue weighted by Gasteiger charge is -2.55. The average Bonchev–Trinajstić information content (AvgIpc) is 3.36. The largest absolute Gasteiger partial charge is 0.507 e. The van der Waals surface area contributed by atoms with E-state index in [0.29, 0.717) is 22.4 Å². The number of carbonyl (C=O) groups is 5. The van der Waals surface area contributed by atoms with Crippen LogP contribution < -0.4 is 9.47 Å². The molecule has 2 fully saturated rings. The van der Waals surface area contributed by atoms with Crippen molar-refractivity contribution < 1.29 is 43.7 Å². The number of hydrogen-bond acceptors (Lipinski definition) is 8. The molecule has 0 spiro atoms. The molecule has 0 aromatic heterocycles. The minimum absolute atomic E-state index is 0.0815. The third-order valence-electron chi connectivity index (χ3n) is 10.9. The topological polar surface area (TPSA) is 148 Å². The molecule has 3 aliphatic carbocycles. The number of ketones is 2. The van der Waals surface area contributed by atoms with Crippen LogP contribution in [0.5, 0.6) is 17.2 Å². The van der Waals surface area contributed by atoms with Gasteiger partial charge in [0, 0.05) is 41.6 Å². The Labute approximate surface area is 282 Å². The van der Waals surface area contributed by atoms with E-state index in [2.05, 4.69) is 0 Å². The Morgan fingerprint density at radius 3 is 2.27 bits per heavy atom. The van der Waals surface area contributed by atoms with E-state index in [0.717, 1.165) is 4.90 Å². The van der Waals surface area contributed by atoms with Gasteiger partial charge in [-0.2, -0.15) is 0 Å². The number of methoxy groups -OCH3 is 2. The predicted molar refractivity (Wildman–Crippen MR) is 177 cm³/mol. The van der Waals surface area contributed by atoms with E-state index in [1.807, 2.05) is 30.3 Å². The van der Waals surface area contributed by atoms with Crippen molar-refractivity contribution in [3.05, 3.63) is 107 Å². The van der Waals surface area contributed by atoms with Gasteiger partial charge in [0.05, 0.1) is 37.9 Å². The number of carbonyl (C=O) groups excluding carboxylic acids is 4. The molecule has 3 aromatic carbocycles. The van der Waals surface area contributed by atoms with Gasteiger partial charge in [0.25, 0.3) is 0 Å². The van der Waals surface area contributed by atoms with Gasteiger partial charge in [-0.1, -0.05) is 72.3 Å². The summed E-state index contributed by atoms with van der Waals surface area (Å²) < 4.78 is 11.3. The number of benzene rings is 3. The maximum atomic E-state index is 15.1. The number of likely N-dealkylation sites (tertiary alicyclic amines) is 1. The lowest BCUT2D eigenvalue weighted by Crippen LogP contribution is -2.58. The Bertz CT molecular complexity index is 1950. The van der Waals surface area contributed by atoms with Crippen molar-refractivity contribution in [3.8, 4) is 17.2 Å². The molecule has 1 saturated carbocycles. The van der Waals surface area contributed by atoms with Crippen molar-refractivity contribution in [2.24, 2.45) is 23.7 Å². The van der Waals surface area contributed by atoms with Gasteiger partial charge in [-0.15, -0.1) is 0 Å². The summed E-state index contributed by atoms with van der Waals surface area (Å²) in [6.07, 6.45) is 3.15. The van der Waals surface area contributed by atoms with E-state index in [4.69, 9.17) is 9.47 Å². The van der Waals surface area contributed by atoms with Crippen molar-refractivity contribution in [1.29, 1.82) is 0 Å². The number of hydrogen-bond donors (Lipinski definition) is 2. The molecule has 0 radical (unpaired) electrons. The fourth-order valence-electron chi connectivity index (χ4n) is 8.85. The van der Waals surface area contributed by atoms with E-state index in [9.17, 15) is 29.4 Å². The summed E-state index contributed by atoms with van der Waals surface area (Å²) in [6.45, 7) is -0.256. The van der Waals surface area contributed by atoms with Gasteiger partial charge >= 0.3 is 5.97 Å². The second-order valence-corrected chi connectivity index (χ2v) is 13.0. The number of aromatic hydroxyl groups is 1. The fraction of sp³-hybridized carbons (Fsp3) is 0.308. The van der Waals surface area contributed by atoms with Gasteiger partial charge in [-0.05, 0) is 36.0 Å². The minimum Gasteiger partial charge on any atom is -0.507 e. The number of amides is 2. The molecule has 0 bridgehead atoms. The first-order valence-corrected chi connectivity index (χ1v) is 16.3. The molecule has 7 rings (SSSR count). The number of allylic oxidation sites excluding steroid dienone is 4. The average molecular weight is 662 g/mol. The standard InChI is InChI=1S/C39H35NO9/c1-48-23-17-29(41)34(30(18-23)49-2)35-24-13-14-25-33(38(47)40(37(25)46)16-15-32(43)44)27(24)19-28-36(45)26(21-9-5-3-6-10-21)20-31(42)39(28,35)22-11-7-4-8-12-22/h3-13,17-18,20,25,27-28,33,35,41H,14-16,19H2,1-2H3,(H,43,44)/t25-,27+,28-,33-,35+,39-/m0/s1. The molecule has 250 valence electrons. The van der Waals surface area contributed by atoms with E-state index < -0.39 is 52.8 Å². The second kappa shape index (κ2) is 12.2. The van der Waals surface area contributed by atoms with Crippen LogP contribution in [0.15, 0.2) is 90.5 Å². The van der Waals surface area contributed by atoms with Crippen molar-refractivity contribution in [3.63, 3.8) is 0 Å². The summed E-state index contributed by atoms with van der Waals surface area (Å²) >= 11 is 0. The van der Waals surface area contributed by atoms with E-state index in [1.54, 1.807) is 42.5 Å². The number of nitrogens with zero attached hydrogens (tertiary/aromatic N) is 1. The summed E-state index contributed by atoms with van der Waals surface area (Å²) in [5.74, 6) is -6.63. The summed E-state index contributed by atoms with van der Waals surface area (Å²) in [4.78, 5) is 70.3. The number of carboxylic acids is 1. The number of ether oxygens (including phenoxy) is 2. The zero-order valence-corrected chi connectivity index (χ0v) is 27.0. The van der Waals surface area contributed by atoms with Crippen LogP contribution >= 0.6 is 0 Å². The lowest BCUT2D eigenvalue weighted by atomic mass is 9.44. The SMILES string of the molecule is COc1cc(O)c([C@H]2C3=CC[C@@H]4C(=O)N(CCC(=O)O)C(=O)[C@@H]4[C@@H]3C[C@H]3C(=O)C(c4ccccc4)=CC(=O)[C@@]23c2ccccc2)c(OC)c1. The summed E-state index contributed by atoms with van der Waals surface area (Å²) in [5.41, 5.74) is 0.771. The van der Waals surface area contributed by atoms with Crippen LogP contribution in [0, 0.1) is 23.7 Å². The predicted octanol–water partition coefficient (Wildman–Crippen LogP) is 4.71. The first kappa shape index (κ1) is 32.1. The Morgan fingerprint density at radius 2 is 1.61 bits per heavy atom. The zero-order valence-electron chi connectivity index (χ0n) is 27.0. The number of phenols is 1. The van der Waals surface area contributed by atoms with Gasteiger partial charge in [0.2, 0.25) is 11.8 Å². The molecule has 10 nitrogen and oxygen atoms in total. The molecule has 1 heterocycles. The van der Waals surface area contributed by atoms with Crippen molar-refractivity contribution in [1.82, 2.24) is 4.90 Å². The fourth-order valence-corrected chi connectivity index (χ4v) is 8.85. The molecule has 1 aliphatic heterocycles. The second-order valence-electron chi connectivity index (χ2n) is 13.0. The highest BCUT2D eigenvalue weighted by Crippen LogP contribution is 2.65. The first-order chi connectivity index (χ1) is 23.6. The molecule has 4 aliphatic rings. The van der Waals surface area contributed by atoms with Crippen LogP contribution in [0.2, 0.25) is 0 Å². The molecule has 0 unspecified atom stereocenters. The van der Waals surface area contributed by atoms with Crippen LogP contribution in [0.25, 0.3) is 5.57 Å². The maximum Gasteiger partial charge on any atom is 0.305 e. The highest BCUT2D eigenvalue weighted by atomic mass is 16.5. The summed E-state index contributed by atoms with van der Waals surface area (Å²) in [7, 11) is 2.89. The van der Waals surface area contributed by atoms with Crippen LogP contribution in [0.4, 0.5) is 0 Å². The maximum absolute atomic E-state index is 15.1. The van der Waals surface area contributed by atoms with Crippen molar-refractivity contribution >= 4 is 34.9 Å². The molecule has 2 N–H and O–H groups in total. The molecule has 1 saturated heterocycles. The van der Waals surface area contributed by atoms with Gasteiger partial charge in [0.1, 0.15) is 17.2 Å². The molecular weight excluding hydrogens is 626 g/mol. The Hall–Kier alpha value is -5.51. The third kappa shape index (κ3) is 4.80. The van der Waals surface area contributed by atoms with Crippen molar-refractivity contribution in [2.45, 2.75) is 30.6 Å². The Balaban J connectivity index is 1.51. The zero-order chi connectivity index (χ0) is 34.6. The minimum atomic E-state index is -1.56. The quantitative estimate of drug-likeness (QED) is 0.259. The molecular formula is C39H35NO9. The normalized spacial score (nSPS) is 27.5. The summed E-state index contributed by atoms with van der Waals surface area (Å²) in [6, 6.07) is 21.0. The molecule has 2 amide bonds.